The molecule has 2 heterocycles. The molecule has 3 fully saturated rings. The Balaban J connectivity index is 1.09. The molecule has 1 aromatic rings. The molecule has 0 bridgehead atoms. The highest BCUT2D eigenvalue weighted by molar-refractivity contribution is 5.32. The number of hydrogen-bond donors (Lipinski definition) is 0. The molecule has 2 saturated heterocycles. The highest BCUT2D eigenvalue weighted by atomic mass is 16.5. The summed E-state index contributed by atoms with van der Waals surface area (Å²) >= 11 is 0. The van der Waals surface area contributed by atoms with Crippen LogP contribution in [0.15, 0.2) is 24.3 Å². The van der Waals surface area contributed by atoms with Gasteiger partial charge in [0.1, 0.15) is 0 Å². The molecule has 0 radical (unpaired) electrons. The first kappa shape index (κ1) is 18.0. The fraction of sp³-hybridized carbons (Fsp3) is 0.682. The normalized spacial score (nSPS) is 28.7. The number of rotatable bonds is 8. The summed E-state index contributed by atoms with van der Waals surface area (Å²) in [4.78, 5) is 5.14. The predicted octanol–water partition coefficient (Wildman–Crippen LogP) is 3.13. The van der Waals surface area contributed by atoms with Gasteiger partial charge in [-0.1, -0.05) is 18.6 Å². The first-order valence-corrected chi connectivity index (χ1v) is 10.3. The van der Waals surface area contributed by atoms with Gasteiger partial charge in [0.15, 0.2) is 0 Å². The topological polar surface area (TPSA) is 39.5 Å². The SMILES string of the molecule is N#Cc1cccc(CN2C[C@@H]3C(COCCCN4CCCCC4)[C@@H]3C2)c1. The van der Waals surface area contributed by atoms with Gasteiger partial charge in [-0.15, -0.1) is 0 Å². The van der Waals surface area contributed by atoms with Gasteiger partial charge in [-0.05, 0) is 67.8 Å². The van der Waals surface area contributed by atoms with Crippen molar-refractivity contribution >= 4 is 0 Å². The molecule has 1 saturated carbocycles. The third-order valence-corrected chi connectivity index (χ3v) is 6.43. The van der Waals surface area contributed by atoms with Crippen molar-refractivity contribution in [1.82, 2.24) is 9.80 Å². The molecule has 0 aromatic heterocycles. The Labute approximate surface area is 157 Å². The highest BCUT2D eigenvalue weighted by Gasteiger charge is 2.55. The van der Waals surface area contributed by atoms with Gasteiger partial charge in [-0.2, -0.15) is 5.26 Å². The van der Waals surface area contributed by atoms with Crippen LogP contribution in [0.4, 0.5) is 0 Å². The summed E-state index contributed by atoms with van der Waals surface area (Å²) in [6.07, 6.45) is 5.36. The number of nitrogens with zero attached hydrogens (tertiary/aromatic N) is 3. The van der Waals surface area contributed by atoms with Gasteiger partial charge in [0.05, 0.1) is 18.2 Å². The van der Waals surface area contributed by atoms with E-state index in [1.165, 1.54) is 64.0 Å². The van der Waals surface area contributed by atoms with Crippen LogP contribution in [0.3, 0.4) is 0 Å². The van der Waals surface area contributed by atoms with Gasteiger partial charge in [0, 0.05) is 32.8 Å². The highest BCUT2D eigenvalue weighted by Crippen LogP contribution is 2.51. The van der Waals surface area contributed by atoms with E-state index in [0.29, 0.717) is 0 Å². The van der Waals surface area contributed by atoms with Crippen molar-refractivity contribution < 1.29 is 4.74 Å². The predicted molar refractivity (Wildman–Crippen MR) is 103 cm³/mol. The van der Waals surface area contributed by atoms with Crippen LogP contribution in [-0.2, 0) is 11.3 Å². The van der Waals surface area contributed by atoms with Crippen LogP contribution in [-0.4, -0.2) is 55.7 Å². The van der Waals surface area contributed by atoms with Gasteiger partial charge >= 0.3 is 0 Å². The molecule has 1 unspecified atom stereocenters. The second-order valence-corrected chi connectivity index (χ2v) is 8.33. The summed E-state index contributed by atoms with van der Waals surface area (Å²) in [6.45, 7) is 9.06. The Kier molecular flexibility index (Phi) is 5.89. The average Bonchev–Trinajstić information content (AvgIpc) is 3.13. The quantitative estimate of drug-likeness (QED) is 0.673. The molecule has 1 aliphatic carbocycles. The zero-order valence-corrected chi connectivity index (χ0v) is 15.8. The van der Waals surface area contributed by atoms with Crippen molar-refractivity contribution in [3.63, 3.8) is 0 Å². The van der Waals surface area contributed by atoms with Gasteiger partial charge in [0.25, 0.3) is 0 Å². The first-order valence-electron chi connectivity index (χ1n) is 10.3. The number of likely N-dealkylation sites (tertiary alicyclic amines) is 2. The van der Waals surface area contributed by atoms with E-state index in [4.69, 9.17) is 10.00 Å². The van der Waals surface area contributed by atoms with Crippen molar-refractivity contribution in [3.8, 4) is 6.07 Å². The molecule has 4 heteroatoms. The molecule has 0 amide bonds. The molecule has 1 aromatic carbocycles. The van der Waals surface area contributed by atoms with E-state index in [1.807, 2.05) is 18.2 Å². The van der Waals surface area contributed by atoms with Gasteiger partial charge in [-0.3, -0.25) is 4.90 Å². The maximum absolute atomic E-state index is 9.02. The monoisotopic (exact) mass is 353 g/mol. The van der Waals surface area contributed by atoms with Crippen molar-refractivity contribution in [3.05, 3.63) is 35.4 Å². The maximum atomic E-state index is 9.02. The van der Waals surface area contributed by atoms with Crippen LogP contribution in [0.2, 0.25) is 0 Å². The Morgan fingerprint density at radius 3 is 2.65 bits per heavy atom. The van der Waals surface area contributed by atoms with Crippen molar-refractivity contribution in [1.29, 1.82) is 5.26 Å². The molecule has 26 heavy (non-hydrogen) atoms. The van der Waals surface area contributed by atoms with Gasteiger partial charge in [-0.25, -0.2) is 0 Å². The van der Waals surface area contributed by atoms with Crippen LogP contribution >= 0.6 is 0 Å². The van der Waals surface area contributed by atoms with Crippen LogP contribution in [0.5, 0.6) is 0 Å². The number of ether oxygens (including phenoxy) is 1. The first-order chi connectivity index (χ1) is 12.8. The summed E-state index contributed by atoms with van der Waals surface area (Å²) in [7, 11) is 0. The summed E-state index contributed by atoms with van der Waals surface area (Å²) in [6, 6.07) is 10.3. The third kappa shape index (κ3) is 4.46. The summed E-state index contributed by atoms with van der Waals surface area (Å²) in [5.74, 6) is 2.49. The van der Waals surface area contributed by atoms with Crippen molar-refractivity contribution in [2.75, 3.05) is 45.9 Å². The zero-order chi connectivity index (χ0) is 17.8. The fourth-order valence-corrected chi connectivity index (χ4v) is 4.90. The van der Waals surface area contributed by atoms with E-state index in [0.717, 1.165) is 43.1 Å². The molecular weight excluding hydrogens is 322 g/mol. The number of piperidine rings is 2. The van der Waals surface area contributed by atoms with E-state index >= 15 is 0 Å². The summed E-state index contributed by atoms with van der Waals surface area (Å²) in [5.41, 5.74) is 2.03. The number of hydrogen-bond acceptors (Lipinski definition) is 4. The Hall–Kier alpha value is -1.41. The largest absolute Gasteiger partial charge is 0.381 e. The molecule has 4 rings (SSSR count). The minimum atomic E-state index is 0.766. The lowest BCUT2D eigenvalue weighted by Crippen LogP contribution is -2.31. The average molecular weight is 354 g/mol. The summed E-state index contributed by atoms with van der Waals surface area (Å²) in [5, 5.41) is 9.02. The molecular formula is C22H31N3O. The third-order valence-electron chi connectivity index (χ3n) is 6.43. The lowest BCUT2D eigenvalue weighted by Gasteiger charge is -2.26. The van der Waals surface area contributed by atoms with E-state index in [-0.39, 0.29) is 0 Å². The molecule has 3 atom stereocenters. The van der Waals surface area contributed by atoms with Gasteiger partial charge in [0.2, 0.25) is 0 Å². The Morgan fingerprint density at radius 2 is 1.88 bits per heavy atom. The smallest absolute Gasteiger partial charge is 0.0991 e. The molecule has 2 aliphatic heterocycles. The van der Waals surface area contributed by atoms with Crippen LogP contribution in [0.1, 0.15) is 36.8 Å². The fourth-order valence-electron chi connectivity index (χ4n) is 4.90. The molecule has 140 valence electrons. The molecule has 0 spiro atoms. The van der Waals surface area contributed by atoms with E-state index in [1.54, 1.807) is 0 Å². The standard InChI is InChI=1S/C22H31N3O/c23-13-18-6-4-7-19(12-18)14-25-15-20-21(16-25)22(20)17-26-11-5-10-24-8-2-1-3-9-24/h4,6-7,12,20-22H,1-3,5,8-11,14-17H2/t20-,21+,22?. The second-order valence-electron chi connectivity index (χ2n) is 8.33. The Morgan fingerprint density at radius 1 is 1.08 bits per heavy atom. The number of nitriles is 1. The van der Waals surface area contributed by atoms with Crippen LogP contribution < -0.4 is 0 Å². The lowest BCUT2D eigenvalue weighted by atomic mass is 10.1. The van der Waals surface area contributed by atoms with Crippen LogP contribution in [0.25, 0.3) is 0 Å². The van der Waals surface area contributed by atoms with E-state index < -0.39 is 0 Å². The van der Waals surface area contributed by atoms with E-state index in [9.17, 15) is 0 Å². The van der Waals surface area contributed by atoms with E-state index in [2.05, 4.69) is 21.9 Å². The second kappa shape index (κ2) is 8.52. The Bertz CT molecular complexity index is 623. The number of fused-ring (bicyclic) bond motifs is 1. The van der Waals surface area contributed by atoms with Crippen LogP contribution in [0, 0.1) is 29.1 Å². The zero-order valence-electron chi connectivity index (χ0n) is 15.8. The molecule has 0 N–H and O–H groups in total. The minimum Gasteiger partial charge on any atom is -0.381 e. The number of benzene rings is 1. The summed E-state index contributed by atoms with van der Waals surface area (Å²) < 4.78 is 5.99. The lowest BCUT2D eigenvalue weighted by molar-refractivity contribution is 0.0967. The van der Waals surface area contributed by atoms with Crippen molar-refractivity contribution in [2.24, 2.45) is 17.8 Å². The van der Waals surface area contributed by atoms with Crippen molar-refractivity contribution in [2.45, 2.75) is 32.2 Å². The molecule has 4 nitrogen and oxygen atoms in total. The minimum absolute atomic E-state index is 0.766. The van der Waals surface area contributed by atoms with Gasteiger partial charge < -0.3 is 9.64 Å². The maximum Gasteiger partial charge on any atom is 0.0991 e. The molecule has 3 aliphatic rings.